The highest BCUT2D eigenvalue weighted by molar-refractivity contribution is 7.99. The molecule has 0 fully saturated rings. The lowest BCUT2D eigenvalue weighted by molar-refractivity contribution is 0.405. The van der Waals surface area contributed by atoms with Crippen molar-refractivity contribution >= 4 is 20.1 Å². The van der Waals surface area contributed by atoms with Gasteiger partial charge >= 0.3 is 0 Å². The molecule has 14 heavy (non-hydrogen) atoms. The largest absolute Gasteiger partial charge is 0.420 e. The van der Waals surface area contributed by atoms with Crippen molar-refractivity contribution in [3.05, 3.63) is 24.4 Å². The standard InChI is InChI=1S/C10H17NOSSi/c1-12-14(2,3)9-8-13-10-6-4-5-7-11-10/h4-7H,8-9H2,1-3H3. The lowest BCUT2D eigenvalue weighted by Gasteiger charge is -2.18. The average molecular weight is 227 g/mol. The van der Waals surface area contributed by atoms with Gasteiger partial charge in [0, 0.05) is 13.3 Å². The number of pyridine rings is 1. The Bertz CT molecular complexity index is 266. The molecule has 0 spiro atoms. The van der Waals surface area contributed by atoms with E-state index in [4.69, 9.17) is 4.43 Å². The van der Waals surface area contributed by atoms with Crippen molar-refractivity contribution in [2.24, 2.45) is 0 Å². The van der Waals surface area contributed by atoms with E-state index < -0.39 is 8.32 Å². The molecule has 0 saturated heterocycles. The Hall–Kier alpha value is -0.323. The maximum Gasteiger partial charge on any atom is 0.187 e. The van der Waals surface area contributed by atoms with E-state index in [1.54, 1.807) is 11.8 Å². The van der Waals surface area contributed by atoms with Gasteiger partial charge in [-0.25, -0.2) is 4.98 Å². The molecule has 0 atom stereocenters. The number of hydrogen-bond acceptors (Lipinski definition) is 3. The predicted octanol–water partition coefficient (Wildman–Crippen LogP) is 3.03. The zero-order valence-corrected chi connectivity index (χ0v) is 10.8. The summed E-state index contributed by atoms with van der Waals surface area (Å²) in [5.41, 5.74) is 0. The van der Waals surface area contributed by atoms with Crippen LogP contribution in [0, 0.1) is 0 Å². The van der Waals surface area contributed by atoms with Crippen LogP contribution in [0.15, 0.2) is 29.4 Å². The molecule has 1 aromatic rings. The maximum atomic E-state index is 5.48. The van der Waals surface area contributed by atoms with E-state index in [2.05, 4.69) is 18.1 Å². The van der Waals surface area contributed by atoms with Crippen LogP contribution in [0.1, 0.15) is 0 Å². The van der Waals surface area contributed by atoms with Gasteiger partial charge in [-0.2, -0.15) is 0 Å². The van der Waals surface area contributed by atoms with E-state index >= 15 is 0 Å². The monoisotopic (exact) mass is 227 g/mol. The molecule has 1 heterocycles. The number of hydrogen-bond donors (Lipinski definition) is 0. The van der Waals surface area contributed by atoms with Crippen molar-refractivity contribution in [3.63, 3.8) is 0 Å². The predicted molar refractivity (Wildman–Crippen MR) is 64.3 cm³/mol. The van der Waals surface area contributed by atoms with Gasteiger partial charge in [0.25, 0.3) is 0 Å². The third-order valence-corrected chi connectivity index (χ3v) is 6.01. The molecule has 0 aliphatic rings. The number of nitrogens with zero attached hydrogens (tertiary/aromatic N) is 1. The number of thioether (sulfide) groups is 1. The summed E-state index contributed by atoms with van der Waals surface area (Å²) < 4.78 is 5.48. The minimum atomic E-state index is -1.38. The summed E-state index contributed by atoms with van der Waals surface area (Å²) in [6.07, 6.45) is 1.83. The summed E-state index contributed by atoms with van der Waals surface area (Å²) in [5.74, 6) is 1.10. The van der Waals surface area contributed by atoms with Gasteiger partial charge in [0.05, 0.1) is 5.03 Å². The van der Waals surface area contributed by atoms with Crippen LogP contribution in [0.25, 0.3) is 0 Å². The Labute approximate surface area is 91.2 Å². The lowest BCUT2D eigenvalue weighted by atomic mass is 10.5. The molecular formula is C10H17NOSSi. The quantitative estimate of drug-likeness (QED) is 0.570. The van der Waals surface area contributed by atoms with Gasteiger partial charge < -0.3 is 4.43 Å². The molecular weight excluding hydrogens is 210 g/mol. The first-order valence-corrected chi connectivity index (χ1v) is 8.83. The van der Waals surface area contributed by atoms with E-state index in [-0.39, 0.29) is 0 Å². The summed E-state index contributed by atoms with van der Waals surface area (Å²) >= 11 is 1.81. The molecule has 78 valence electrons. The van der Waals surface area contributed by atoms with Crippen LogP contribution in [-0.2, 0) is 4.43 Å². The van der Waals surface area contributed by atoms with Gasteiger partial charge in [0.2, 0.25) is 0 Å². The molecule has 0 unspecified atom stereocenters. The molecule has 4 heteroatoms. The lowest BCUT2D eigenvalue weighted by Crippen LogP contribution is -2.28. The van der Waals surface area contributed by atoms with Crippen LogP contribution in [0.4, 0.5) is 0 Å². The Morgan fingerprint density at radius 1 is 1.43 bits per heavy atom. The zero-order chi connectivity index (χ0) is 10.4. The molecule has 2 nitrogen and oxygen atoms in total. The van der Waals surface area contributed by atoms with E-state index in [0.717, 1.165) is 10.8 Å². The minimum absolute atomic E-state index is 1.10. The Balaban J connectivity index is 2.29. The normalized spacial score (nSPS) is 11.6. The van der Waals surface area contributed by atoms with Crippen molar-refractivity contribution in [2.75, 3.05) is 12.9 Å². The van der Waals surface area contributed by atoms with Gasteiger partial charge in [-0.05, 0) is 37.0 Å². The molecule has 0 N–H and O–H groups in total. The fraction of sp³-hybridized carbons (Fsp3) is 0.500. The van der Waals surface area contributed by atoms with Crippen molar-refractivity contribution in [1.82, 2.24) is 4.98 Å². The van der Waals surface area contributed by atoms with E-state index in [9.17, 15) is 0 Å². The summed E-state index contributed by atoms with van der Waals surface area (Å²) in [4.78, 5) is 4.26. The molecule has 1 aromatic heterocycles. The van der Waals surface area contributed by atoms with E-state index in [0.29, 0.717) is 0 Å². The molecule has 0 radical (unpaired) electrons. The van der Waals surface area contributed by atoms with Crippen LogP contribution in [0.2, 0.25) is 19.1 Å². The van der Waals surface area contributed by atoms with Crippen molar-refractivity contribution in [2.45, 2.75) is 24.2 Å². The summed E-state index contributed by atoms with van der Waals surface area (Å²) in [7, 11) is 0.437. The fourth-order valence-corrected chi connectivity index (χ4v) is 4.03. The molecule has 0 aliphatic carbocycles. The smallest absolute Gasteiger partial charge is 0.187 e. The van der Waals surface area contributed by atoms with E-state index in [1.807, 2.05) is 31.5 Å². The average Bonchev–Trinajstić information content (AvgIpc) is 2.19. The maximum absolute atomic E-state index is 5.48. The van der Waals surface area contributed by atoms with Gasteiger partial charge in [0.15, 0.2) is 8.32 Å². The summed E-state index contributed by atoms with van der Waals surface area (Å²) in [6, 6.07) is 7.18. The fourth-order valence-electron chi connectivity index (χ4n) is 0.936. The number of rotatable bonds is 5. The summed E-state index contributed by atoms with van der Waals surface area (Å²) in [5, 5.41) is 1.11. The molecule has 0 bridgehead atoms. The second kappa shape index (κ2) is 5.53. The van der Waals surface area contributed by atoms with Crippen LogP contribution in [0.3, 0.4) is 0 Å². The van der Waals surface area contributed by atoms with Crippen LogP contribution in [-0.4, -0.2) is 26.2 Å². The van der Waals surface area contributed by atoms with Gasteiger partial charge in [-0.1, -0.05) is 6.07 Å². The first-order chi connectivity index (χ1) is 6.64. The first kappa shape index (κ1) is 11.7. The highest BCUT2D eigenvalue weighted by Crippen LogP contribution is 2.19. The topological polar surface area (TPSA) is 22.1 Å². The minimum Gasteiger partial charge on any atom is -0.420 e. The van der Waals surface area contributed by atoms with Gasteiger partial charge in [-0.3, -0.25) is 0 Å². The molecule has 0 saturated carbocycles. The SMILES string of the molecule is CO[Si](C)(C)CCSc1ccccn1. The Morgan fingerprint density at radius 3 is 2.79 bits per heavy atom. The number of aromatic nitrogens is 1. The van der Waals surface area contributed by atoms with Crippen molar-refractivity contribution in [3.8, 4) is 0 Å². The first-order valence-electron chi connectivity index (χ1n) is 4.73. The Kier molecular flexibility index (Phi) is 4.64. The zero-order valence-electron chi connectivity index (χ0n) is 8.99. The van der Waals surface area contributed by atoms with Crippen LogP contribution in [0.5, 0.6) is 0 Å². The second-order valence-corrected chi connectivity index (χ2v) is 9.27. The highest BCUT2D eigenvalue weighted by Gasteiger charge is 2.19. The summed E-state index contributed by atoms with van der Waals surface area (Å²) in [6.45, 7) is 4.48. The van der Waals surface area contributed by atoms with Crippen molar-refractivity contribution < 1.29 is 4.43 Å². The van der Waals surface area contributed by atoms with Crippen molar-refractivity contribution in [1.29, 1.82) is 0 Å². The van der Waals surface area contributed by atoms with Crippen LogP contribution >= 0.6 is 11.8 Å². The van der Waals surface area contributed by atoms with Gasteiger partial charge in [0.1, 0.15) is 0 Å². The third kappa shape index (κ3) is 4.26. The molecule has 0 aliphatic heterocycles. The molecule has 0 aromatic carbocycles. The molecule has 0 amide bonds. The van der Waals surface area contributed by atoms with Gasteiger partial charge in [-0.15, -0.1) is 11.8 Å². The van der Waals surface area contributed by atoms with E-state index in [1.165, 1.54) is 6.04 Å². The highest BCUT2D eigenvalue weighted by atomic mass is 32.2. The Morgan fingerprint density at radius 2 is 2.21 bits per heavy atom. The molecule has 1 rings (SSSR count). The second-order valence-electron chi connectivity index (χ2n) is 3.73. The third-order valence-electron chi connectivity index (χ3n) is 2.14. The van der Waals surface area contributed by atoms with Crippen LogP contribution < -0.4 is 0 Å².